The Labute approximate surface area is 351 Å². The smallest absolute Gasteiger partial charge is 0.306 e. The van der Waals surface area contributed by atoms with Crippen LogP contribution in [0.4, 0.5) is 0 Å². The second-order valence-corrected chi connectivity index (χ2v) is 15.3. The van der Waals surface area contributed by atoms with Crippen LogP contribution >= 0.6 is 0 Å². The monoisotopic (exact) mass is 795 g/mol. The molecular weight excluding hydrogens is 709 g/mol. The Balaban J connectivity index is 4.49. The van der Waals surface area contributed by atoms with E-state index in [0.29, 0.717) is 19.3 Å². The minimum absolute atomic E-state index is 0.103. The molecule has 0 fully saturated rings. The lowest BCUT2D eigenvalue weighted by molar-refractivity contribution is -0.166. The predicted octanol–water partition coefficient (Wildman–Crippen LogP) is 15.1. The van der Waals surface area contributed by atoms with Crippen molar-refractivity contribution in [2.45, 2.75) is 219 Å². The topological polar surface area (TPSA) is 78.9 Å². The molecule has 0 aliphatic rings. The van der Waals surface area contributed by atoms with Crippen molar-refractivity contribution in [2.75, 3.05) is 13.2 Å². The van der Waals surface area contributed by atoms with Gasteiger partial charge in [0.2, 0.25) is 0 Å². The molecule has 0 saturated heterocycles. The Bertz CT molecular complexity index is 1100. The molecule has 0 N–H and O–H groups in total. The molecule has 0 bridgehead atoms. The first-order valence-corrected chi connectivity index (χ1v) is 23.4. The van der Waals surface area contributed by atoms with Crippen LogP contribution in [-0.2, 0) is 28.6 Å². The van der Waals surface area contributed by atoms with Gasteiger partial charge in [0.05, 0.1) is 0 Å². The lowest BCUT2D eigenvalue weighted by Crippen LogP contribution is -2.30. The summed E-state index contributed by atoms with van der Waals surface area (Å²) in [7, 11) is 0. The van der Waals surface area contributed by atoms with E-state index in [-0.39, 0.29) is 37.5 Å². The molecule has 0 heterocycles. The second kappa shape index (κ2) is 45.6. The van der Waals surface area contributed by atoms with Crippen LogP contribution in [0.5, 0.6) is 0 Å². The van der Waals surface area contributed by atoms with Gasteiger partial charge in [-0.1, -0.05) is 196 Å². The third kappa shape index (κ3) is 43.8. The fourth-order valence-corrected chi connectivity index (χ4v) is 6.18. The van der Waals surface area contributed by atoms with Crippen LogP contribution in [0.15, 0.2) is 72.9 Å². The average Bonchev–Trinajstić information content (AvgIpc) is 3.21. The average molecular weight is 795 g/mol. The molecule has 6 nitrogen and oxygen atoms in total. The second-order valence-electron chi connectivity index (χ2n) is 15.3. The molecule has 1 atom stereocenters. The van der Waals surface area contributed by atoms with E-state index in [2.05, 4.69) is 81.5 Å². The van der Waals surface area contributed by atoms with Crippen LogP contribution in [0, 0.1) is 0 Å². The van der Waals surface area contributed by atoms with E-state index in [1.54, 1.807) is 0 Å². The third-order valence-corrected chi connectivity index (χ3v) is 9.71. The first-order chi connectivity index (χ1) is 28.0. The Morgan fingerprint density at radius 3 is 1.23 bits per heavy atom. The predicted molar refractivity (Wildman–Crippen MR) is 242 cm³/mol. The standard InChI is InChI=1S/C51H86O6/c1-4-7-10-13-16-19-22-24-25-26-28-29-32-35-38-41-44-50(53)56-47-48(46-55-49(52)43-40-37-34-31-21-18-15-12-9-6-3)57-51(54)45-42-39-36-33-30-27-23-20-17-14-11-8-5-2/h7,10,15-16,18-19,24-25,28-29,35,38,48H,4-6,8-9,11-14,17,20-23,26-27,30-34,36-37,39-47H2,1-3H3/b10-7-,18-15-,19-16-,25-24-,29-28-,38-35-. The number of hydrogen-bond donors (Lipinski definition) is 0. The number of carbonyl (C=O) groups excluding carboxylic acids is 3. The Hall–Kier alpha value is -3.15. The molecular formula is C51H86O6. The Morgan fingerprint density at radius 1 is 0.368 bits per heavy atom. The molecule has 0 spiro atoms. The number of ether oxygens (including phenoxy) is 3. The largest absolute Gasteiger partial charge is 0.462 e. The maximum atomic E-state index is 12.7. The summed E-state index contributed by atoms with van der Waals surface area (Å²) in [4.78, 5) is 37.7. The van der Waals surface area contributed by atoms with E-state index in [1.165, 1.54) is 77.0 Å². The minimum atomic E-state index is -0.805. The van der Waals surface area contributed by atoms with E-state index in [4.69, 9.17) is 14.2 Å². The zero-order valence-corrected chi connectivity index (χ0v) is 37.1. The summed E-state index contributed by atoms with van der Waals surface area (Å²) < 4.78 is 16.6. The Morgan fingerprint density at radius 2 is 0.737 bits per heavy atom. The highest BCUT2D eigenvalue weighted by molar-refractivity contribution is 5.71. The van der Waals surface area contributed by atoms with Crippen molar-refractivity contribution in [2.24, 2.45) is 0 Å². The highest BCUT2D eigenvalue weighted by atomic mass is 16.6. The fraction of sp³-hybridized carbons (Fsp3) is 0.706. The van der Waals surface area contributed by atoms with Crippen LogP contribution in [0.1, 0.15) is 213 Å². The van der Waals surface area contributed by atoms with Gasteiger partial charge in [0.15, 0.2) is 6.10 Å². The summed E-state index contributed by atoms with van der Waals surface area (Å²) in [6.07, 6.45) is 56.1. The molecule has 57 heavy (non-hydrogen) atoms. The van der Waals surface area contributed by atoms with Crippen molar-refractivity contribution in [3.05, 3.63) is 72.9 Å². The Kier molecular flexibility index (Phi) is 43.0. The summed E-state index contributed by atoms with van der Waals surface area (Å²) in [6.45, 7) is 6.39. The van der Waals surface area contributed by atoms with E-state index >= 15 is 0 Å². The molecule has 326 valence electrons. The van der Waals surface area contributed by atoms with Crippen molar-refractivity contribution in [3.63, 3.8) is 0 Å². The van der Waals surface area contributed by atoms with Crippen molar-refractivity contribution in [1.82, 2.24) is 0 Å². The van der Waals surface area contributed by atoms with Crippen LogP contribution < -0.4 is 0 Å². The zero-order chi connectivity index (χ0) is 41.5. The number of hydrogen-bond acceptors (Lipinski definition) is 6. The van der Waals surface area contributed by atoms with Gasteiger partial charge in [-0.05, 0) is 70.6 Å². The third-order valence-electron chi connectivity index (χ3n) is 9.71. The van der Waals surface area contributed by atoms with Gasteiger partial charge in [-0.2, -0.15) is 0 Å². The zero-order valence-electron chi connectivity index (χ0n) is 37.1. The summed E-state index contributed by atoms with van der Waals surface area (Å²) >= 11 is 0. The van der Waals surface area contributed by atoms with Gasteiger partial charge in [0, 0.05) is 19.3 Å². The van der Waals surface area contributed by atoms with Gasteiger partial charge < -0.3 is 14.2 Å². The number of allylic oxidation sites excluding steroid dienone is 12. The van der Waals surface area contributed by atoms with Gasteiger partial charge in [0.1, 0.15) is 13.2 Å². The number of rotatable bonds is 41. The summed E-state index contributed by atoms with van der Waals surface area (Å²) in [5, 5.41) is 0. The van der Waals surface area contributed by atoms with Gasteiger partial charge in [-0.3, -0.25) is 14.4 Å². The van der Waals surface area contributed by atoms with Crippen LogP contribution in [0.3, 0.4) is 0 Å². The normalized spacial score (nSPS) is 12.7. The molecule has 6 heteroatoms. The number of unbranched alkanes of at least 4 members (excludes halogenated alkanes) is 18. The molecule has 0 aromatic rings. The molecule has 1 unspecified atom stereocenters. The molecule has 0 radical (unpaired) electrons. The van der Waals surface area contributed by atoms with Gasteiger partial charge in [-0.25, -0.2) is 0 Å². The van der Waals surface area contributed by atoms with E-state index in [9.17, 15) is 14.4 Å². The minimum Gasteiger partial charge on any atom is -0.462 e. The van der Waals surface area contributed by atoms with Crippen molar-refractivity contribution in [1.29, 1.82) is 0 Å². The molecule has 0 saturated carbocycles. The van der Waals surface area contributed by atoms with E-state index in [1.807, 2.05) is 12.2 Å². The maximum absolute atomic E-state index is 12.7. The summed E-state index contributed by atoms with van der Waals surface area (Å²) in [6, 6.07) is 0. The van der Waals surface area contributed by atoms with Crippen LogP contribution in [0.25, 0.3) is 0 Å². The summed E-state index contributed by atoms with van der Waals surface area (Å²) in [5.41, 5.74) is 0. The first-order valence-electron chi connectivity index (χ1n) is 23.4. The first kappa shape index (κ1) is 53.9. The molecule has 0 amide bonds. The van der Waals surface area contributed by atoms with Crippen LogP contribution in [-0.4, -0.2) is 37.2 Å². The number of carbonyl (C=O) groups is 3. The van der Waals surface area contributed by atoms with Crippen molar-refractivity contribution in [3.8, 4) is 0 Å². The maximum Gasteiger partial charge on any atom is 0.306 e. The van der Waals surface area contributed by atoms with Gasteiger partial charge >= 0.3 is 17.9 Å². The molecule has 0 aromatic heterocycles. The van der Waals surface area contributed by atoms with Gasteiger partial charge in [-0.15, -0.1) is 0 Å². The van der Waals surface area contributed by atoms with E-state index in [0.717, 1.165) is 89.9 Å². The van der Waals surface area contributed by atoms with Crippen molar-refractivity contribution >= 4 is 17.9 Å². The molecule has 0 aliphatic heterocycles. The van der Waals surface area contributed by atoms with Gasteiger partial charge in [0.25, 0.3) is 0 Å². The number of esters is 3. The SMILES string of the molecule is CC/C=C\C/C=C\C/C=C\C/C=C\C/C=C\CCC(=O)OCC(COC(=O)CCCCCC/C=C\CCCC)OC(=O)CCCCCCCCCCCCCCC. The lowest BCUT2D eigenvalue weighted by Gasteiger charge is -2.18. The highest BCUT2D eigenvalue weighted by Gasteiger charge is 2.19. The lowest BCUT2D eigenvalue weighted by atomic mass is 10.0. The highest BCUT2D eigenvalue weighted by Crippen LogP contribution is 2.14. The summed E-state index contributed by atoms with van der Waals surface area (Å²) in [5.74, 6) is -1.01. The van der Waals surface area contributed by atoms with Crippen molar-refractivity contribution < 1.29 is 28.6 Å². The van der Waals surface area contributed by atoms with E-state index < -0.39 is 6.10 Å². The van der Waals surface area contributed by atoms with Crippen LogP contribution in [0.2, 0.25) is 0 Å². The molecule has 0 rings (SSSR count). The fourth-order valence-electron chi connectivity index (χ4n) is 6.18. The molecule has 0 aliphatic carbocycles. The quantitative estimate of drug-likeness (QED) is 0.0265. The molecule has 0 aromatic carbocycles.